The zero-order valence-corrected chi connectivity index (χ0v) is 9.74. The summed E-state index contributed by atoms with van der Waals surface area (Å²) in [5.41, 5.74) is 3.94. The summed E-state index contributed by atoms with van der Waals surface area (Å²) in [6.07, 6.45) is 7.02. The highest BCUT2D eigenvalue weighted by atomic mass is 14.9. The van der Waals surface area contributed by atoms with E-state index < -0.39 is 0 Å². The minimum atomic E-state index is 0.721. The van der Waals surface area contributed by atoms with E-state index >= 15 is 0 Å². The van der Waals surface area contributed by atoms with Crippen LogP contribution in [0.3, 0.4) is 0 Å². The molecular formula is C14H18N2. The van der Waals surface area contributed by atoms with Gasteiger partial charge in [-0.3, -0.25) is 4.98 Å². The van der Waals surface area contributed by atoms with Crippen LogP contribution < -0.4 is 5.32 Å². The molecule has 2 aliphatic rings. The van der Waals surface area contributed by atoms with Gasteiger partial charge in [0.1, 0.15) is 0 Å². The molecule has 1 fully saturated rings. The third-order valence-corrected chi connectivity index (χ3v) is 3.89. The molecule has 1 aliphatic heterocycles. The Labute approximate surface area is 96.8 Å². The van der Waals surface area contributed by atoms with Crippen LogP contribution in [-0.4, -0.2) is 18.1 Å². The highest BCUT2D eigenvalue weighted by Crippen LogP contribution is 2.38. The van der Waals surface area contributed by atoms with Crippen molar-refractivity contribution in [1.82, 2.24) is 10.3 Å². The first-order chi connectivity index (χ1) is 7.84. The van der Waals surface area contributed by atoms with Crippen LogP contribution in [0.5, 0.6) is 0 Å². The van der Waals surface area contributed by atoms with Crippen LogP contribution in [0.1, 0.15) is 24.1 Å². The van der Waals surface area contributed by atoms with Crippen molar-refractivity contribution in [3.8, 4) is 0 Å². The number of allylic oxidation sites excluding steroid dienone is 1. The van der Waals surface area contributed by atoms with Crippen LogP contribution in [-0.2, 0) is 0 Å². The Hall–Kier alpha value is -1.15. The first-order valence-corrected chi connectivity index (χ1v) is 6.18. The third kappa shape index (κ3) is 1.67. The van der Waals surface area contributed by atoms with Gasteiger partial charge in [-0.2, -0.15) is 0 Å². The van der Waals surface area contributed by atoms with Crippen LogP contribution in [0.4, 0.5) is 0 Å². The van der Waals surface area contributed by atoms with E-state index in [0.717, 1.165) is 24.1 Å². The number of nitrogens with zero attached hydrogens (tertiary/aromatic N) is 1. The zero-order chi connectivity index (χ0) is 11.0. The molecule has 1 N–H and O–H groups in total. The normalized spacial score (nSPS) is 28.7. The van der Waals surface area contributed by atoms with E-state index in [1.807, 2.05) is 13.1 Å². The van der Waals surface area contributed by atoms with Crippen molar-refractivity contribution >= 4 is 5.57 Å². The van der Waals surface area contributed by atoms with Crippen molar-refractivity contribution in [1.29, 1.82) is 0 Å². The molecule has 2 heterocycles. The molecule has 3 rings (SSSR count). The van der Waals surface area contributed by atoms with E-state index in [1.165, 1.54) is 30.5 Å². The average Bonchev–Trinajstić information content (AvgIpc) is 2.78. The number of fused-ring (bicyclic) bond motifs is 1. The Balaban J connectivity index is 1.93. The smallest absolute Gasteiger partial charge is 0.0373 e. The summed E-state index contributed by atoms with van der Waals surface area (Å²) >= 11 is 0. The number of rotatable bonds is 1. The molecule has 2 nitrogen and oxygen atoms in total. The first kappa shape index (κ1) is 10.0. The highest BCUT2D eigenvalue weighted by molar-refractivity contribution is 5.68. The lowest BCUT2D eigenvalue weighted by Crippen LogP contribution is -2.17. The van der Waals surface area contributed by atoms with Crippen molar-refractivity contribution in [3.63, 3.8) is 0 Å². The fourth-order valence-corrected chi connectivity index (χ4v) is 2.98. The van der Waals surface area contributed by atoms with Gasteiger partial charge in [0.15, 0.2) is 0 Å². The highest BCUT2D eigenvalue weighted by Gasteiger charge is 2.32. The predicted molar refractivity (Wildman–Crippen MR) is 66.0 cm³/mol. The second-order valence-electron chi connectivity index (χ2n) is 4.95. The second kappa shape index (κ2) is 4.02. The Kier molecular flexibility index (Phi) is 2.52. The summed E-state index contributed by atoms with van der Waals surface area (Å²) in [6, 6.07) is 4.33. The zero-order valence-electron chi connectivity index (χ0n) is 9.74. The summed E-state index contributed by atoms with van der Waals surface area (Å²) in [7, 11) is 0. The molecule has 0 aromatic carbocycles. The average molecular weight is 214 g/mol. The van der Waals surface area contributed by atoms with Crippen LogP contribution in [0.25, 0.3) is 5.57 Å². The quantitative estimate of drug-likeness (QED) is 0.776. The molecule has 84 valence electrons. The SMILES string of the molecule is Cc1ccc(C2=CCCC3CNCC23)cn1. The standard InChI is InChI=1S/C14H18N2/c1-10-5-6-12(8-16-10)13-4-2-3-11-7-15-9-14(11)13/h4-6,8,11,14-15H,2-3,7,9H2,1H3. The topological polar surface area (TPSA) is 24.9 Å². The molecule has 0 bridgehead atoms. The Morgan fingerprint density at radius 2 is 2.25 bits per heavy atom. The van der Waals surface area contributed by atoms with Gasteiger partial charge in [0.2, 0.25) is 0 Å². The van der Waals surface area contributed by atoms with Crippen LogP contribution in [0.15, 0.2) is 24.4 Å². The monoisotopic (exact) mass is 214 g/mol. The molecule has 0 radical (unpaired) electrons. The lowest BCUT2D eigenvalue weighted by molar-refractivity contribution is 0.454. The maximum Gasteiger partial charge on any atom is 0.0373 e. The van der Waals surface area contributed by atoms with Gasteiger partial charge in [-0.15, -0.1) is 0 Å². The van der Waals surface area contributed by atoms with E-state index in [9.17, 15) is 0 Å². The fourth-order valence-electron chi connectivity index (χ4n) is 2.98. The molecule has 1 aromatic rings. The minimum Gasteiger partial charge on any atom is -0.316 e. The number of aryl methyl sites for hydroxylation is 1. The fraction of sp³-hybridized carbons (Fsp3) is 0.500. The van der Waals surface area contributed by atoms with Gasteiger partial charge < -0.3 is 5.32 Å². The van der Waals surface area contributed by atoms with Crippen LogP contribution in [0.2, 0.25) is 0 Å². The van der Waals surface area contributed by atoms with Gasteiger partial charge in [0, 0.05) is 24.4 Å². The third-order valence-electron chi connectivity index (χ3n) is 3.89. The van der Waals surface area contributed by atoms with E-state index in [1.54, 1.807) is 0 Å². The molecular weight excluding hydrogens is 196 g/mol. The largest absolute Gasteiger partial charge is 0.316 e. The van der Waals surface area contributed by atoms with Gasteiger partial charge in [-0.05, 0) is 49.4 Å². The molecule has 1 saturated heterocycles. The molecule has 0 spiro atoms. The number of aromatic nitrogens is 1. The van der Waals surface area contributed by atoms with Crippen molar-refractivity contribution < 1.29 is 0 Å². The molecule has 0 saturated carbocycles. The molecule has 1 aliphatic carbocycles. The number of nitrogens with one attached hydrogen (secondary N) is 1. The molecule has 2 unspecified atom stereocenters. The minimum absolute atomic E-state index is 0.721. The number of hydrogen-bond donors (Lipinski definition) is 1. The van der Waals surface area contributed by atoms with E-state index in [2.05, 4.69) is 28.5 Å². The molecule has 2 atom stereocenters. The summed E-state index contributed by atoms with van der Waals surface area (Å²) in [6.45, 7) is 4.38. The number of pyridine rings is 1. The molecule has 1 aromatic heterocycles. The van der Waals surface area contributed by atoms with Crippen molar-refractivity contribution in [2.24, 2.45) is 11.8 Å². The maximum absolute atomic E-state index is 4.41. The van der Waals surface area contributed by atoms with Crippen LogP contribution in [0, 0.1) is 18.8 Å². The van der Waals surface area contributed by atoms with Gasteiger partial charge in [-0.1, -0.05) is 12.1 Å². The van der Waals surface area contributed by atoms with Crippen molar-refractivity contribution in [2.45, 2.75) is 19.8 Å². The second-order valence-corrected chi connectivity index (χ2v) is 4.95. The summed E-state index contributed by atoms with van der Waals surface area (Å²) < 4.78 is 0. The van der Waals surface area contributed by atoms with Crippen molar-refractivity contribution in [2.75, 3.05) is 13.1 Å². The summed E-state index contributed by atoms with van der Waals surface area (Å²) in [5, 5.41) is 3.51. The van der Waals surface area contributed by atoms with Gasteiger partial charge in [0.25, 0.3) is 0 Å². The van der Waals surface area contributed by atoms with Gasteiger partial charge in [0.05, 0.1) is 0 Å². The predicted octanol–water partition coefficient (Wildman–Crippen LogP) is 2.40. The lowest BCUT2D eigenvalue weighted by atomic mass is 9.78. The number of hydrogen-bond acceptors (Lipinski definition) is 2. The van der Waals surface area contributed by atoms with Gasteiger partial charge >= 0.3 is 0 Å². The van der Waals surface area contributed by atoms with Gasteiger partial charge in [-0.25, -0.2) is 0 Å². The Bertz CT molecular complexity index is 405. The van der Waals surface area contributed by atoms with E-state index in [-0.39, 0.29) is 0 Å². The van der Waals surface area contributed by atoms with E-state index in [4.69, 9.17) is 0 Å². The summed E-state index contributed by atoms with van der Waals surface area (Å²) in [4.78, 5) is 4.41. The lowest BCUT2D eigenvalue weighted by Gasteiger charge is -2.26. The molecule has 0 amide bonds. The Morgan fingerprint density at radius 1 is 1.31 bits per heavy atom. The van der Waals surface area contributed by atoms with Crippen molar-refractivity contribution in [3.05, 3.63) is 35.7 Å². The molecule has 2 heteroatoms. The summed E-state index contributed by atoms with van der Waals surface area (Å²) in [5.74, 6) is 1.57. The van der Waals surface area contributed by atoms with Crippen LogP contribution >= 0.6 is 0 Å². The molecule has 16 heavy (non-hydrogen) atoms. The maximum atomic E-state index is 4.41. The first-order valence-electron chi connectivity index (χ1n) is 6.18. The Morgan fingerprint density at radius 3 is 3.06 bits per heavy atom. The van der Waals surface area contributed by atoms with E-state index in [0.29, 0.717) is 0 Å².